The van der Waals surface area contributed by atoms with Gasteiger partial charge in [0.2, 0.25) is 0 Å². The lowest BCUT2D eigenvalue weighted by molar-refractivity contribution is 0.246. The first kappa shape index (κ1) is 8.83. The average Bonchev–Trinajstić information content (AvgIpc) is 1.94. The number of hydrogen-bond donors (Lipinski definition) is 0. The Morgan fingerprint density at radius 2 is 2.27 bits per heavy atom. The van der Waals surface area contributed by atoms with Crippen molar-refractivity contribution in [3.05, 3.63) is 12.7 Å². The number of hydrogen-bond acceptors (Lipinski definition) is 0. The normalized spacial score (nSPS) is 20.8. The van der Waals surface area contributed by atoms with Crippen LogP contribution in [0.25, 0.3) is 0 Å². The molecular formula is C11H20. The summed E-state index contributed by atoms with van der Waals surface area (Å²) in [6.07, 6.45) is 10.6. The van der Waals surface area contributed by atoms with Gasteiger partial charge in [-0.2, -0.15) is 0 Å². The van der Waals surface area contributed by atoms with Crippen molar-refractivity contribution in [2.75, 3.05) is 0 Å². The van der Waals surface area contributed by atoms with Crippen molar-refractivity contribution in [1.29, 1.82) is 0 Å². The molecule has 0 heteroatoms. The fraction of sp³-hybridized carbons (Fsp3) is 0.818. The molecule has 1 fully saturated rings. The van der Waals surface area contributed by atoms with Crippen molar-refractivity contribution >= 4 is 0 Å². The minimum absolute atomic E-state index is 0.929. The van der Waals surface area contributed by atoms with Gasteiger partial charge in [0.15, 0.2) is 0 Å². The zero-order valence-electron chi connectivity index (χ0n) is 7.68. The molecule has 1 saturated carbocycles. The molecule has 0 spiro atoms. The minimum atomic E-state index is 0.929. The third kappa shape index (κ3) is 2.69. The summed E-state index contributed by atoms with van der Waals surface area (Å²) >= 11 is 0. The molecule has 0 N–H and O–H groups in total. The molecule has 0 aromatic carbocycles. The summed E-state index contributed by atoms with van der Waals surface area (Å²) in [6.45, 7) is 6.10. The first-order valence-electron chi connectivity index (χ1n) is 4.97. The second kappa shape index (κ2) is 4.58. The predicted molar refractivity (Wildman–Crippen MR) is 50.6 cm³/mol. The van der Waals surface area contributed by atoms with Crippen molar-refractivity contribution in [2.24, 2.45) is 11.8 Å². The summed E-state index contributed by atoms with van der Waals surface area (Å²) in [5, 5.41) is 0. The molecule has 0 amide bonds. The first-order chi connectivity index (χ1) is 5.36. The molecule has 0 aliphatic heterocycles. The molecule has 11 heavy (non-hydrogen) atoms. The summed E-state index contributed by atoms with van der Waals surface area (Å²) < 4.78 is 0. The van der Waals surface area contributed by atoms with E-state index in [1.165, 1.54) is 38.5 Å². The highest BCUT2D eigenvalue weighted by molar-refractivity contribution is 4.78. The topological polar surface area (TPSA) is 0 Å². The molecule has 1 unspecified atom stereocenters. The molecule has 0 bridgehead atoms. The standard InChI is InChI=1S/C11H20/c1-3-6-10(4-2)9-11-7-5-8-11/h3,10-11H,1,4-9H2,2H3. The van der Waals surface area contributed by atoms with E-state index in [1.807, 2.05) is 0 Å². The Morgan fingerprint density at radius 3 is 2.64 bits per heavy atom. The highest BCUT2D eigenvalue weighted by atomic mass is 14.3. The number of allylic oxidation sites excluding steroid dienone is 1. The Labute approximate surface area is 70.7 Å². The molecule has 0 heterocycles. The van der Waals surface area contributed by atoms with Crippen molar-refractivity contribution in [3.8, 4) is 0 Å². The Balaban J connectivity index is 2.13. The lowest BCUT2D eigenvalue weighted by Crippen LogP contribution is -2.15. The van der Waals surface area contributed by atoms with Crippen LogP contribution in [0.3, 0.4) is 0 Å². The second-order valence-electron chi connectivity index (χ2n) is 3.83. The Bertz CT molecular complexity index is 111. The van der Waals surface area contributed by atoms with Gasteiger partial charge in [-0.1, -0.05) is 38.7 Å². The van der Waals surface area contributed by atoms with Crippen molar-refractivity contribution in [3.63, 3.8) is 0 Å². The van der Waals surface area contributed by atoms with E-state index in [9.17, 15) is 0 Å². The molecule has 0 nitrogen and oxygen atoms in total. The maximum atomic E-state index is 3.80. The highest BCUT2D eigenvalue weighted by Gasteiger charge is 2.20. The molecule has 1 rings (SSSR count). The summed E-state index contributed by atoms with van der Waals surface area (Å²) in [7, 11) is 0. The van der Waals surface area contributed by atoms with Gasteiger partial charge in [0.1, 0.15) is 0 Å². The van der Waals surface area contributed by atoms with Gasteiger partial charge in [0.25, 0.3) is 0 Å². The minimum Gasteiger partial charge on any atom is -0.103 e. The van der Waals surface area contributed by atoms with Gasteiger partial charge in [0, 0.05) is 0 Å². The SMILES string of the molecule is C=CCC(CC)CC1CCC1. The molecule has 64 valence electrons. The number of rotatable bonds is 5. The Morgan fingerprint density at radius 1 is 1.55 bits per heavy atom. The van der Waals surface area contributed by atoms with Crippen LogP contribution in [0.15, 0.2) is 12.7 Å². The third-order valence-corrected chi connectivity index (χ3v) is 2.97. The van der Waals surface area contributed by atoms with Crippen LogP contribution in [0.2, 0.25) is 0 Å². The van der Waals surface area contributed by atoms with E-state index in [0.29, 0.717) is 0 Å². The average molecular weight is 152 g/mol. The predicted octanol–water partition coefficient (Wildman–Crippen LogP) is 3.78. The van der Waals surface area contributed by atoms with Crippen LogP contribution in [0, 0.1) is 11.8 Å². The smallest absolute Gasteiger partial charge is 0.0325 e. The van der Waals surface area contributed by atoms with Gasteiger partial charge in [-0.05, 0) is 24.7 Å². The Hall–Kier alpha value is -0.260. The van der Waals surface area contributed by atoms with Crippen molar-refractivity contribution in [2.45, 2.75) is 45.4 Å². The monoisotopic (exact) mass is 152 g/mol. The van der Waals surface area contributed by atoms with Crippen LogP contribution in [-0.4, -0.2) is 0 Å². The summed E-state index contributed by atoms with van der Waals surface area (Å²) in [4.78, 5) is 0. The van der Waals surface area contributed by atoms with Gasteiger partial charge < -0.3 is 0 Å². The van der Waals surface area contributed by atoms with E-state index in [-0.39, 0.29) is 0 Å². The molecular weight excluding hydrogens is 132 g/mol. The lowest BCUT2D eigenvalue weighted by atomic mass is 9.77. The molecule has 0 aromatic rings. The lowest BCUT2D eigenvalue weighted by Gasteiger charge is -2.28. The van der Waals surface area contributed by atoms with E-state index >= 15 is 0 Å². The van der Waals surface area contributed by atoms with Crippen LogP contribution in [0.1, 0.15) is 45.4 Å². The summed E-state index contributed by atoms with van der Waals surface area (Å²) in [5.41, 5.74) is 0. The molecule has 0 aromatic heterocycles. The summed E-state index contributed by atoms with van der Waals surface area (Å²) in [5.74, 6) is 2.00. The second-order valence-corrected chi connectivity index (χ2v) is 3.83. The largest absolute Gasteiger partial charge is 0.103 e. The fourth-order valence-electron chi connectivity index (χ4n) is 1.87. The summed E-state index contributed by atoms with van der Waals surface area (Å²) in [6, 6.07) is 0. The van der Waals surface area contributed by atoms with E-state index < -0.39 is 0 Å². The van der Waals surface area contributed by atoms with Gasteiger partial charge in [-0.15, -0.1) is 6.58 Å². The van der Waals surface area contributed by atoms with Crippen LogP contribution in [-0.2, 0) is 0 Å². The van der Waals surface area contributed by atoms with Crippen molar-refractivity contribution < 1.29 is 0 Å². The van der Waals surface area contributed by atoms with Crippen molar-refractivity contribution in [1.82, 2.24) is 0 Å². The van der Waals surface area contributed by atoms with E-state index in [2.05, 4.69) is 19.6 Å². The zero-order valence-corrected chi connectivity index (χ0v) is 7.68. The maximum absolute atomic E-state index is 3.80. The molecule has 1 atom stereocenters. The van der Waals surface area contributed by atoms with Gasteiger partial charge in [-0.25, -0.2) is 0 Å². The van der Waals surface area contributed by atoms with E-state index in [0.717, 1.165) is 11.8 Å². The van der Waals surface area contributed by atoms with Crippen LogP contribution >= 0.6 is 0 Å². The van der Waals surface area contributed by atoms with Gasteiger partial charge in [-0.3, -0.25) is 0 Å². The van der Waals surface area contributed by atoms with Gasteiger partial charge >= 0.3 is 0 Å². The Kier molecular flexibility index (Phi) is 3.68. The fourth-order valence-corrected chi connectivity index (χ4v) is 1.87. The molecule has 1 aliphatic rings. The van der Waals surface area contributed by atoms with Crippen LogP contribution in [0.4, 0.5) is 0 Å². The molecule has 1 aliphatic carbocycles. The molecule has 0 saturated heterocycles. The van der Waals surface area contributed by atoms with Gasteiger partial charge in [0.05, 0.1) is 0 Å². The maximum Gasteiger partial charge on any atom is -0.0325 e. The third-order valence-electron chi connectivity index (χ3n) is 2.97. The van der Waals surface area contributed by atoms with E-state index in [4.69, 9.17) is 0 Å². The quantitative estimate of drug-likeness (QED) is 0.526. The molecule has 0 radical (unpaired) electrons. The van der Waals surface area contributed by atoms with Crippen LogP contribution in [0.5, 0.6) is 0 Å². The van der Waals surface area contributed by atoms with E-state index in [1.54, 1.807) is 0 Å². The highest BCUT2D eigenvalue weighted by Crippen LogP contribution is 2.34. The zero-order chi connectivity index (χ0) is 8.10. The first-order valence-corrected chi connectivity index (χ1v) is 4.97. The van der Waals surface area contributed by atoms with Crippen LogP contribution < -0.4 is 0 Å².